The van der Waals surface area contributed by atoms with Crippen molar-refractivity contribution >= 4 is 23.2 Å². The Morgan fingerprint density at radius 1 is 1.47 bits per heavy atom. The zero-order valence-corrected chi connectivity index (χ0v) is 13.2. The number of hydrogen-bond donors (Lipinski definition) is 1. The predicted molar refractivity (Wildman–Crippen MR) is 83.2 cm³/mol. The van der Waals surface area contributed by atoms with Crippen molar-refractivity contribution in [3.63, 3.8) is 0 Å². The van der Waals surface area contributed by atoms with Crippen molar-refractivity contribution in [3.8, 4) is 5.75 Å². The largest absolute Gasteiger partial charge is 0.488 e. The first-order valence-electron chi connectivity index (χ1n) is 6.50. The van der Waals surface area contributed by atoms with Gasteiger partial charge < -0.3 is 10.1 Å². The van der Waals surface area contributed by atoms with Crippen LogP contribution < -0.4 is 10.1 Å². The zero-order chi connectivity index (χ0) is 14.3. The molecule has 0 aliphatic rings. The van der Waals surface area contributed by atoms with Gasteiger partial charge in [0.2, 0.25) is 0 Å². The van der Waals surface area contributed by atoms with E-state index in [0.717, 1.165) is 29.8 Å². The molecule has 4 heteroatoms. The van der Waals surface area contributed by atoms with E-state index in [1.54, 1.807) is 0 Å². The summed E-state index contributed by atoms with van der Waals surface area (Å²) in [5.74, 6) is 0.854. The molecular weight excluding hydrogens is 281 g/mol. The maximum Gasteiger partial charge on any atom is 0.125 e. The van der Waals surface area contributed by atoms with Gasteiger partial charge in [0.1, 0.15) is 12.4 Å². The van der Waals surface area contributed by atoms with E-state index in [0.29, 0.717) is 11.6 Å². The van der Waals surface area contributed by atoms with E-state index in [-0.39, 0.29) is 6.04 Å². The van der Waals surface area contributed by atoms with Gasteiger partial charge in [0, 0.05) is 17.1 Å². The van der Waals surface area contributed by atoms with Gasteiger partial charge in [-0.1, -0.05) is 42.3 Å². The molecule has 1 aromatic rings. The Morgan fingerprint density at radius 3 is 2.84 bits per heavy atom. The second kappa shape index (κ2) is 8.47. The van der Waals surface area contributed by atoms with Gasteiger partial charge in [-0.15, -0.1) is 0 Å². The van der Waals surface area contributed by atoms with E-state index in [1.165, 1.54) is 5.54 Å². The maximum absolute atomic E-state index is 5.86. The summed E-state index contributed by atoms with van der Waals surface area (Å²) in [6, 6.07) is 6.45. The van der Waals surface area contributed by atoms with Crippen LogP contribution in [0.5, 0.6) is 5.75 Å². The van der Waals surface area contributed by atoms with Gasteiger partial charge in [0.05, 0.1) is 5.03 Å². The van der Waals surface area contributed by atoms with Crippen molar-refractivity contribution in [2.45, 2.75) is 33.2 Å². The fraction of sp³-hybridized carbons (Fsp3) is 0.467. The van der Waals surface area contributed by atoms with Crippen LogP contribution in [0, 0.1) is 6.92 Å². The fourth-order valence-corrected chi connectivity index (χ4v) is 1.89. The lowest BCUT2D eigenvalue weighted by Crippen LogP contribution is -2.20. The third-order valence-electron chi connectivity index (χ3n) is 2.82. The first-order valence-corrected chi connectivity index (χ1v) is 7.31. The van der Waals surface area contributed by atoms with Gasteiger partial charge in [0.15, 0.2) is 0 Å². The molecule has 0 fully saturated rings. The van der Waals surface area contributed by atoms with Gasteiger partial charge in [-0.3, -0.25) is 0 Å². The molecule has 0 aromatic heterocycles. The van der Waals surface area contributed by atoms with Gasteiger partial charge in [-0.25, -0.2) is 0 Å². The van der Waals surface area contributed by atoms with E-state index in [9.17, 15) is 0 Å². The highest BCUT2D eigenvalue weighted by atomic mass is 35.5. The number of halogens is 2. The molecular formula is C15H21Cl2NO. The minimum Gasteiger partial charge on any atom is -0.488 e. The van der Waals surface area contributed by atoms with Crippen LogP contribution in [0.4, 0.5) is 0 Å². The van der Waals surface area contributed by atoms with Crippen LogP contribution in [0.15, 0.2) is 28.8 Å². The molecule has 106 valence electrons. The quantitative estimate of drug-likeness (QED) is 0.784. The molecule has 1 atom stereocenters. The van der Waals surface area contributed by atoms with Crippen molar-refractivity contribution in [1.29, 1.82) is 0 Å². The molecule has 1 N–H and O–H groups in total. The highest BCUT2D eigenvalue weighted by molar-refractivity contribution is 6.36. The summed E-state index contributed by atoms with van der Waals surface area (Å²) in [5.41, 5.74) is 3.63. The van der Waals surface area contributed by atoms with Crippen molar-refractivity contribution in [2.24, 2.45) is 0 Å². The first-order chi connectivity index (χ1) is 9.08. The number of ether oxygens (including phenoxy) is 1. The summed E-state index contributed by atoms with van der Waals surface area (Å²) in [6.07, 6.45) is 1.10. The third kappa shape index (κ3) is 5.43. The van der Waals surface area contributed by atoms with E-state index in [1.807, 2.05) is 13.0 Å². The Hall–Kier alpha value is -0.700. The van der Waals surface area contributed by atoms with Crippen molar-refractivity contribution < 1.29 is 4.74 Å². The summed E-state index contributed by atoms with van der Waals surface area (Å²) in [4.78, 5) is 0. The molecule has 0 saturated carbocycles. The average Bonchev–Trinajstić information content (AvgIpc) is 2.42. The van der Waals surface area contributed by atoms with Crippen LogP contribution in [0.25, 0.3) is 0 Å². The van der Waals surface area contributed by atoms with Gasteiger partial charge in [-0.2, -0.15) is 0 Å². The Morgan fingerprint density at radius 2 is 2.21 bits per heavy atom. The Labute approximate surface area is 125 Å². The van der Waals surface area contributed by atoms with Gasteiger partial charge in [0.25, 0.3) is 0 Å². The average molecular weight is 302 g/mol. The van der Waals surface area contributed by atoms with Gasteiger partial charge >= 0.3 is 0 Å². The van der Waals surface area contributed by atoms with Crippen LogP contribution in [-0.2, 0) is 0 Å². The molecule has 1 unspecified atom stereocenters. The summed E-state index contributed by atoms with van der Waals surface area (Å²) < 4.78 is 5.75. The summed E-state index contributed by atoms with van der Waals surface area (Å²) >= 11 is 11.4. The first kappa shape index (κ1) is 16.4. The Bertz CT molecular complexity index is 432. The molecule has 0 heterocycles. The second-order valence-corrected chi connectivity index (χ2v) is 5.27. The lowest BCUT2D eigenvalue weighted by molar-refractivity contribution is 0.350. The topological polar surface area (TPSA) is 21.3 Å². The van der Waals surface area contributed by atoms with E-state index < -0.39 is 0 Å². The molecule has 0 radical (unpaired) electrons. The summed E-state index contributed by atoms with van der Waals surface area (Å²) in [7, 11) is 0. The minimum atomic E-state index is 0.245. The molecule has 2 nitrogen and oxygen atoms in total. The Balaban J connectivity index is 2.84. The molecule has 0 spiro atoms. The van der Waals surface area contributed by atoms with Crippen molar-refractivity contribution in [3.05, 3.63) is 39.9 Å². The molecule has 1 aromatic carbocycles. The number of benzene rings is 1. The molecule has 1 rings (SSSR count). The molecule has 0 saturated heterocycles. The molecule has 19 heavy (non-hydrogen) atoms. The lowest BCUT2D eigenvalue weighted by Gasteiger charge is -2.18. The van der Waals surface area contributed by atoms with E-state index in [2.05, 4.69) is 31.3 Å². The van der Waals surface area contributed by atoms with Crippen LogP contribution in [0.2, 0.25) is 0 Å². The summed E-state index contributed by atoms with van der Waals surface area (Å²) in [5, 5.41) is 3.95. The maximum atomic E-state index is 5.86. The van der Waals surface area contributed by atoms with E-state index >= 15 is 0 Å². The normalized spacial score (nSPS) is 13.4. The predicted octanol–water partition coefficient (Wildman–Crippen LogP) is 4.75. The zero-order valence-electron chi connectivity index (χ0n) is 11.7. The number of hydrogen-bond acceptors (Lipinski definition) is 2. The monoisotopic (exact) mass is 301 g/mol. The highest BCUT2D eigenvalue weighted by Crippen LogP contribution is 2.27. The number of aryl methyl sites for hydroxylation is 1. The van der Waals surface area contributed by atoms with Gasteiger partial charge in [-0.05, 0) is 38.4 Å². The number of nitrogens with one attached hydrogen (secondary N) is 1. The molecule has 0 bridgehead atoms. The molecule has 0 aliphatic carbocycles. The standard InChI is InChI=1S/C15H21Cl2NO/c1-4-7-18-12(3)14-6-5-11(2)8-15(14)19-10-13(17)9-16/h5-6,8-9,12,18H,4,7,10H2,1-3H3. The fourth-order valence-electron chi connectivity index (χ4n) is 1.77. The summed E-state index contributed by atoms with van der Waals surface area (Å²) in [6.45, 7) is 7.60. The Kier molecular flexibility index (Phi) is 7.29. The van der Waals surface area contributed by atoms with Crippen LogP contribution in [-0.4, -0.2) is 13.2 Å². The smallest absolute Gasteiger partial charge is 0.125 e. The van der Waals surface area contributed by atoms with E-state index in [4.69, 9.17) is 27.9 Å². The molecule has 0 amide bonds. The van der Waals surface area contributed by atoms with Crippen LogP contribution in [0.1, 0.15) is 37.4 Å². The SMILES string of the molecule is CCCNC(C)c1ccc(C)cc1OCC(Cl)=CCl. The number of rotatable bonds is 7. The van der Waals surface area contributed by atoms with Crippen molar-refractivity contribution in [2.75, 3.05) is 13.2 Å². The second-order valence-electron chi connectivity index (χ2n) is 4.56. The third-order valence-corrected chi connectivity index (χ3v) is 3.41. The highest BCUT2D eigenvalue weighted by Gasteiger charge is 2.11. The minimum absolute atomic E-state index is 0.245. The van der Waals surface area contributed by atoms with Crippen LogP contribution >= 0.6 is 23.2 Å². The van der Waals surface area contributed by atoms with Crippen LogP contribution in [0.3, 0.4) is 0 Å². The lowest BCUT2D eigenvalue weighted by atomic mass is 10.0. The molecule has 0 aliphatic heterocycles. The van der Waals surface area contributed by atoms with Crippen molar-refractivity contribution in [1.82, 2.24) is 5.32 Å².